The molecular formula is C23H26N2O4S. The molecule has 1 fully saturated rings. The van der Waals surface area contributed by atoms with Crippen molar-refractivity contribution < 1.29 is 19.1 Å². The zero-order chi connectivity index (χ0) is 21.1. The summed E-state index contributed by atoms with van der Waals surface area (Å²) in [5, 5.41) is 5.75. The van der Waals surface area contributed by atoms with Crippen molar-refractivity contribution in [2.45, 2.75) is 42.9 Å². The number of hydrogen-bond donors (Lipinski definition) is 2. The molecular weight excluding hydrogens is 400 g/mol. The molecule has 0 saturated heterocycles. The summed E-state index contributed by atoms with van der Waals surface area (Å²) >= 11 is 1.50. The first kappa shape index (κ1) is 20.6. The highest BCUT2D eigenvalue weighted by Crippen LogP contribution is 2.43. The summed E-state index contributed by atoms with van der Waals surface area (Å²) in [6.07, 6.45) is 2.23. The smallest absolute Gasteiger partial charge is 0.233 e. The van der Waals surface area contributed by atoms with Crippen LogP contribution < -0.4 is 20.1 Å². The Labute approximate surface area is 180 Å². The third-order valence-electron chi connectivity index (χ3n) is 5.17. The van der Waals surface area contributed by atoms with Crippen molar-refractivity contribution >= 4 is 29.3 Å². The highest BCUT2D eigenvalue weighted by Gasteiger charge is 2.35. The zero-order valence-corrected chi connectivity index (χ0v) is 18.0. The highest BCUT2D eigenvalue weighted by molar-refractivity contribution is 8.00. The summed E-state index contributed by atoms with van der Waals surface area (Å²) in [7, 11) is 0. The zero-order valence-electron chi connectivity index (χ0n) is 17.1. The van der Waals surface area contributed by atoms with E-state index in [2.05, 4.69) is 10.6 Å². The van der Waals surface area contributed by atoms with E-state index in [-0.39, 0.29) is 23.1 Å². The number of carbonyl (C=O) groups excluding carboxylic acids is 2. The second-order valence-corrected chi connectivity index (χ2v) is 9.11. The van der Waals surface area contributed by atoms with Gasteiger partial charge in [-0.05, 0) is 67.6 Å². The minimum absolute atomic E-state index is 0.0118. The van der Waals surface area contributed by atoms with Crippen LogP contribution in [0.1, 0.15) is 38.3 Å². The van der Waals surface area contributed by atoms with E-state index in [9.17, 15) is 9.59 Å². The number of thioether (sulfide) groups is 1. The van der Waals surface area contributed by atoms with E-state index in [0.29, 0.717) is 19.1 Å². The average molecular weight is 427 g/mol. The molecule has 1 heterocycles. The number of ether oxygens (including phenoxy) is 2. The van der Waals surface area contributed by atoms with E-state index in [4.69, 9.17) is 9.47 Å². The van der Waals surface area contributed by atoms with Gasteiger partial charge in [-0.2, -0.15) is 0 Å². The SMILES string of the molecule is CC(=O)Nc1ccc(SC(C)C(=O)NC(c2ccc3c(c2)OCCO3)C2CC2)cc1. The number of rotatable bonds is 7. The maximum atomic E-state index is 12.9. The molecule has 0 radical (unpaired) electrons. The van der Waals surface area contributed by atoms with Crippen LogP contribution in [0.3, 0.4) is 0 Å². The average Bonchev–Trinajstić information content (AvgIpc) is 3.57. The fourth-order valence-electron chi connectivity index (χ4n) is 3.50. The Hall–Kier alpha value is -2.67. The van der Waals surface area contributed by atoms with Crippen molar-refractivity contribution in [3.05, 3.63) is 48.0 Å². The van der Waals surface area contributed by atoms with E-state index >= 15 is 0 Å². The van der Waals surface area contributed by atoms with E-state index in [1.165, 1.54) is 18.7 Å². The number of anilines is 1. The van der Waals surface area contributed by atoms with Crippen LogP contribution in [0.4, 0.5) is 5.69 Å². The van der Waals surface area contributed by atoms with E-state index in [0.717, 1.165) is 40.5 Å². The third-order valence-corrected chi connectivity index (χ3v) is 6.29. The molecule has 2 atom stereocenters. The normalized spacial score (nSPS) is 17.0. The van der Waals surface area contributed by atoms with Gasteiger partial charge in [-0.1, -0.05) is 6.07 Å². The molecule has 0 bridgehead atoms. The maximum absolute atomic E-state index is 12.9. The van der Waals surface area contributed by atoms with Crippen LogP contribution in [0.15, 0.2) is 47.4 Å². The van der Waals surface area contributed by atoms with Gasteiger partial charge in [0.1, 0.15) is 13.2 Å². The number of nitrogens with one attached hydrogen (secondary N) is 2. The molecule has 2 aliphatic rings. The van der Waals surface area contributed by atoms with Crippen LogP contribution in [0.5, 0.6) is 11.5 Å². The molecule has 2 aromatic rings. The van der Waals surface area contributed by atoms with Crippen molar-refractivity contribution in [2.75, 3.05) is 18.5 Å². The number of hydrogen-bond acceptors (Lipinski definition) is 5. The maximum Gasteiger partial charge on any atom is 0.233 e. The molecule has 6 nitrogen and oxygen atoms in total. The van der Waals surface area contributed by atoms with Crippen molar-refractivity contribution in [2.24, 2.45) is 5.92 Å². The Morgan fingerprint density at radius 3 is 2.40 bits per heavy atom. The second kappa shape index (κ2) is 9.00. The Balaban J connectivity index is 1.40. The highest BCUT2D eigenvalue weighted by atomic mass is 32.2. The molecule has 2 N–H and O–H groups in total. The first-order valence-corrected chi connectivity index (χ1v) is 11.1. The van der Waals surface area contributed by atoms with Crippen LogP contribution >= 0.6 is 11.8 Å². The van der Waals surface area contributed by atoms with E-state index in [1.807, 2.05) is 49.4 Å². The summed E-state index contributed by atoms with van der Waals surface area (Å²) in [5.41, 5.74) is 1.81. The van der Waals surface area contributed by atoms with Gasteiger partial charge in [-0.3, -0.25) is 9.59 Å². The van der Waals surface area contributed by atoms with Gasteiger partial charge in [0.25, 0.3) is 0 Å². The number of benzene rings is 2. The van der Waals surface area contributed by atoms with Crippen molar-refractivity contribution in [1.82, 2.24) is 5.32 Å². The van der Waals surface area contributed by atoms with Crippen molar-refractivity contribution in [3.8, 4) is 11.5 Å². The first-order valence-electron chi connectivity index (χ1n) is 10.2. The quantitative estimate of drug-likeness (QED) is 0.650. The fourth-order valence-corrected chi connectivity index (χ4v) is 4.38. The molecule has 0 spiro atoms. The predicted octanol–water partition coefficient (Wildman–Crippen LogP) is 4.16. The summed E-state index contributed by atoms with van der Waals surface area (Å²) in [6, 6.07) is 13.5. The topological polar surface area (TPSA) is 76.7 Å². The summed E-state index contributed by atoms with van der Waals surface area (Å²) in [6.45, 7) is 4.50. The van der Waals surface area contributed by atoms with Gasteiger partial charge in [0, 0.05) is 17.5 Å². The Bertz CT molecular complexity index is 927. The van der Waals surface area contributed by atoms with E-state index < -0.39 is 0 Å². The first-order chi connectivity index (χ1) is 14.5. The van der Waals surface area contributed by atoms with Gasteiger partial charge >= 0.3 is 0 Å². The minimum atomic E-state index is -0.241. The van der Waals surface area contributed by atoms with Gasteiger partial charge in [0.05, 0.1) is 11.3 Å². The second-order valence-electron chi connectivity index (χ2n) is 7.69. The van der Waals surface area contributed by atoms with Gasteiger partial charge < -0.3 is 20.1 Å². The molecule has 30 heavy (non-hydrogen) atoms. The lowest BCUT2D eigenvalue weighted by molar-refractivity contribution is -0.121. The monoisotopic (exact) mass is 426 g/mol. The Morgan fingerprint density at radius 1 is 1.03 bits per heavy atom. The Morgan fingerprint density at radius 2 is 1.73 bits per heavy atom. The number of fused-ring (bicyclic) bond motifs is 1. The summed E-state index contributed by atoms with van der Waals surface area (Å²) in [5.74, 6) is 1.88. The number of carbonyl (C=O) groups is 2. The molecule has 1 saturated carbocycles. The van der Waals surface area contributed by atoms with Crippen LogP contribution in [0.25, 0.3) is 0 Å². The summed E-state index contributed by atoms with van der Waals surface area (Å²) < 4.78 is 11.3. The predicted molar refractivity (Wildman–Crippen MR) is 117 cm³/mol. The lowest BCUT2D eigenvalue weighted by Crippen LogP contribution is -2.35. The lowest BCUT2D eigenvalue weighted by Gasteiger charge is -2.24. The lowest BCUT2D eigenvalue weighted by atomic mass is 10.0. The van der Waals surface area contributed by atoms with E-state index in [1.54, 1.807) is 0 Å². The van der Waals surface area contributed by atoms with Crippen LogP contribution in [0.2, 0.25) is 0 Å². The molecule has 158 valence electrons. The molecule has 1 aliphatic heterocycles. The number of amides is 2. The summed E-state index contributed by atoms with van der Waals surface area (Å²) in [4.78, 5) is 25.0. The molecule has 7 heteroatoms. The van der Waals surface area contributed by atoms with Crippen LogP contribution in [-0.4, -0.2) is 30.3 Å². The fraction of sp³-hybridized carbons (Fsp3) is 0.391. The van der Waals surface area contributed by atoms with Crippen LogP contribution in [-0.2, 0) is 9.59 Å². The third kappa shape index (κ3) is 5.08. The van der Waals surface area contributed by atoms with Crippen molar-refractivity contribution in [3.63, 3.8) is 0 Å². The molecule has 1 aliphatic carbocycles. The largest absolute Gasteiger partial charge is 0.486 e. The van der Waals surface area contributed by atoms with Gasteiger partial charge in [0.15, 0.2) is 11.5 Å². The molecule has 2 unspecified atom stereocenters. The standard InChI is InChI=1S/C23H26N2O4S/c1-14(30-19-8-6-18(7-9-19)24-15(2)26)23(27)25-22(16-3-4-16)17-5-10-20-21(13-17)29-12-11-28-20/h5-10,13-14,16,22H,3-4,11-12H2,1-2H3,(H,24,26)(H,25,27). The minimum Gasteiger partial charge on any atom is -0.486 e. The molecule has 4 rings (SSSR count). The molecule has 2 amide bonds. The van der Waals surface area contributed by atoms with Gasteiger partial charge in [-0.25, -0.2) is 0 Å². The molecule has 0 aromatic heterocycles. The Kier molecular flexibility index (Phi) is 6.18. The van der Waals surface area contributed by atoms with Crippen molar-refractivity contribution in [1.29, 1.82) is 0 Å². The van der Waals surface area contributed by atoms with Gasteiger partial charge in [-0.15, -0.1) is 11.8 Å². The molecule has 2 aromatic carbocycles. The van der Waals surface area contributed by atoms with Gasteiger partial charge in [0.2, 0.25) is 11.8 Å². The van der Waals surface area contributed by atoms with Crippen LogP contribution in [0, 0.1) is 5.92 Å².